The number of halogens is 1. The summed E-state index contributed by atoms with van der Waals surface area (Å²) in [6, 6.07) is 10.4. The van der Waals surface area contributed by atoms with E-state index in [4.69, 9.17) is 11.6 Å². The molecule has 1 aromatic carbocycles. The Kier molecular flexibility index (Phi) is 5.53. The number of nitrogens with zero attached hydrogens (tertiary/aromatic N) is 2. The highest BCUT2D eigenvalue weighted by Crippen LogP contribution is 2.41. The summed E-state index contributed by atoms with van der Waals surface area (Å²) >= 11 is 5.96. The van der Waals surface area contributed by atoms with Gasteiger partial charge in [0.05, 0.1) is 6.04 Å². The lowest BCUT2D eigenvalue weighted by molar-refractivity contribution is 0.0924. The van der Waals surface area contributed by atoms with Crippen LogP contribution in [0.1, 0.15) is 54.7 Å². The highest BCUT2D eigenvalue weighted by molar-refractivity contribution is 6.30. The van der Waals surface area contributed by atoms with E-state index in [1.54, 1.807) is 0 Å². The first-order chi connectivity index (χ1) is 12.1. The van der Waals surface area contributed by atoms with E-state index in [-0.39, 0.29) is 23.2 Å². The molecule has 2 aromatic rings. The van der Waals surface area contributed by atoms with Crippen LogP contribution in [0, 0.1) is 5.92 Å². The Morgan fingerprint density at radius 1 is 1.28 bits per heavy atom. The van der Waals surface area contributed by atoms with Gasteiger partial charge in [-0.2, -0.15) is 5.10 Å². The number of unbranched alkanes of at least 4 members (excludes halogenated alkanes) is 1. The second kappa shape index (κ2) is 7.83. The average molecular weight is 360 g/mol. The van der Waals surface area contributed by atoms with Crippen LogP contribution in [0.4, 0.5) is 0 Å². The number of nitrogens with one attached hydrogen (secondary N) is 1. The molecule has 1 heterocycles. The van der Waals surface area contributed by atoms with Crippen molar-refractivity contribution in [3.63, 3.8) is 0 Å². The molecular formula is C19H22ClN3O2. The number of aryl methyl sites for hydroxylation is 1. The fraction of sp³-hybridized carbons (Fsp3) is 0.421. The molecule has 0 aliphatic heterocycles. The molecule has 0 saturated heterocycles. The van der Waals surface area contributed by atoms with Gasteiger partial charge in [0.1, 0.15) is 5.69 Å². The van der Waals surface area contributed by atoms with Gasteiger partial charge in [-0.3, -0.25) is 9.59 Å². The van der Waals surface area contributed by atoms with Crippen molar-refractivity contribution < 1.29 is 4.79 Å². The van der Waals surface area contributed by atoms with Crippen LogP contribution in [0.25, 0.3) is 0 Å². The molecule has 1 unspecified atom stereocenters. The van der Waals surface area contributed by atoms with Crippen molar-refractivity contribution in [2.75, 3.05) is 0 Å². The van der Waals surface area contributed by atoms with Gasteiger partial charge >= 0.3 is 0 Å². The van der Waals surface area contributed by atoms with Gasteiger partial charge in [-0.1, -0.05) is 37.1 Å². The molecule has 0 bridgehead atoms. The maximum Gasteiger partial charge on any atom is 0.272 e. The van der Waals surface area contributed by atoms with Gasteiger partial charge < -0.3 is 5.32 Å². The number of carbonyl (C=O) groups is 1. The zero-order chi connectivity index (χ0) is 17.8. The van der Waals surface area contributed by atoms with Gasteiger partial charge in [0.25, 0.3) is 11.5 Å². The minimum Gasteiger partial charge on any atom is -0.344 e. The molecule has 1 N–H and O–H groups in total. The standard InChI is InChI=1S/C19H22ClN3O2/c1-2-3-12-23-17(24)11-10-16(22-23)19(25)21-18(13-4-5-13)14-6-8-15(20)9-7-14/h6-11,13,18H,2-5,12H2,1H3,(H,21,25). The molecule has 25 heavy (non-hydrogen) atoms. The minimum absolute atomic E-state index is 0.0532. The van der Waals surface area contributed by atoms with Gasteiger partial charge in [-0.25, -0.2) is 4.68 Å². The second-order valence-electron chi connectivity index (χ2n) is 6.47. The summed E-state index contributed by atoms with van der Waals surface area (Å²) in [6.07, 6.45) is 4.01. The number of aromatic nitrogens is 2. The van der Waals surface area contributed by atoms with E-state index in [2.05, 4.69) is 10.4 Å². The third-order valence-electron chi connectivity index (χ3n) is 4.43. The predicted molar refractivity (Wildman–Crippen MR) is 97.8 cm³/mol. The molecular weight excluding hydrogens is 338 g/mol. The van der Waals surface area contributed by atoms with Crippen LogP contribution < -0.4 is 10.9 Å². The maximum absolute atomic E-state index is 12.6. The number of carbonyl (C=O) groups excluding carboxylic acids is 1. The molecule has 0 radical (unpaired) electrons. The Bertz CT molecular complexity index is 797. The third kappa shape index (κ3) is 4.48. The smallest absolute Gasteiger partial charge is 0.272 e. The van der Waals surface area contributed by atoms with Gasteiger partial charge in [-0.15, -0.1) is 0 Å². The monoisotopic (exact) mass is 359 g/mol. The number of rotatable bonds is 7. The summed E-state index contributed by atoms with van der Waals surface area (Å²) in [5.41, 5.74) is 1.14. The molecule has 1 aliphatic rings. The molecule has 1 aromatic heterocycles. The lowest BCUT2D eigenvalue weighted by atomic mass is 10.0. The van der Waals surface area contributed by atoms with Crippen LogP contribution in [0.15, 0.2) is 41.2 Å². The molecule has 1 amide bonds. The van der Waals surface area contributed by atoms with Gasteiger partial charge in [-0.05, 0) is 48.9 Å². The maximum atomic E-state index is 12.6. The number of benzene rings is 1. The molecule has 1 saturated carbocycles. The summed E-state index contributed by atoms with van der Waals surface area (Å²) < 4.78 is 1.37. The van der Waals surface area contributed by atoms with E-state index < -0.39 is 0 Å². The first-order valence-electron chi connectivity index (χ1n) is 8.73. The Balaban J connectivity index is 1.77. The lowest BCUT2D eigenvalue weighted by Crippen LogP contribution is -2.33. The summed E-state index contributed by atoms with van der Waals surface area (Å²) in [4.78, 5) is 24.5. The van der Waals surface area contributed by atoms with Crippen LogP contribution in [0.2, 0.25) is 5.02 Å². The van der Waals surface area contributed by atoms with Crippen molar-refractivity contribution in [1.29, 1.82) is 0 Å². The van der Waals surface area contributed by atoms with Crippen molar-refractivity contribution in [3.8, 4) is 0 Å². The third-order valence-corrected chi connectivity index (χ3v) is 4.68. The fourth-order valence-corrected chi connectivity index (χ4v) is 2.95. The highest BCUT2D eigenvalue weighted by Gasteiger charge is 2.33. The number of hydrogen-bond donors (Lipinski definition) is 1. The SMILES string of the molecule is CCCCn1nc(C(=O)NC(c2ccc(Cl)cc2)C2CC2)ccc1=O. The van der Waals surface area contributed by atoms with Gasteiger partial charge in [0.15, 0.2) is 0 Å². The van der Waals surface area contributed by atoms with Crippen LogP contribution in [0.5, 0.6) is 0 Å². The molecule has 5 nitrogen and oxygen atoms in total. The first kappa shape index (κ1) is 17.7. The van der Waals surface area contributed by atoms with E-state index in [1.807, 2.05) is 31.2 Å². The predicted octanol–water partition coefficient (Wildman–Crippen LogP) is 3.58. The van der Waals surface area contributed by atoms with Crippen molar-refractivity contribution in [3.05, 3.63) is 63.0 Å². The highest BCUT2D eigenvalue weighted by atomic mass is 35.5. The quantitative estimate of drug-likeness (QED) is 0.821. The number of amides is 1. The molecule has 3 rings (SSSR count). The minimum atomic E-state index is -0.253. The van der Waals surface area contributed by atoms with Crippen LogP contribution in [-0.2, 0) is 6.54 Å². The Morgan fingerprint density at radius 2 is 2.00 bits per heavy atom. The van der Waals surface area contributed by atoms with Crippen LogP contribution in [-0.4, -0.2) is 15.7 Å². The Morgan fingerprint density at radius 3 is 2.64 bits per heavy atom. The summed E-state index contributed by atoms with van der Waals surface area (Å²) in [6.45, 7) is 2.58. The van der Waals surface area contributed by atoms with E-state index in [0.29, 0.717) is 17.5 Å². The van der Waals surface area contributed by atoms with Gasteiger partial charge in [0, 0.05) is 17.6 Å². The number of hydrogen-bond acceptors (Lipinski definition) is 3. The van der Waals surface area contributed by atoms with Crippen LogP contribution >= 0.6 is 11.6 Å². The Labute approximate surface area is 152 Å². The van der Waals surface area contributed by atoms with E-state index in [9.17, 15) is 9.59 Å². The Hall–Kier alpha value is -2.14. The topological polar surface area (TPSA) is 64.0 Å². The normalized spacial score (nSPS) is 15.0. The molecule has 132 valence electrons. The summed E-state index contributed by atoms with van der Waals surface area (Å²) in [7, 11) is 0. The van der Waals surface area contributed by atoms with Gasteiger partial charge in [0.2, 0.25) is 0 Å². The zero-order valence-corrected chi connectivity index (χ0v) is 15.0. The average Bonchev–Trinajstić information content (AvgIpc) is 3.44. The van der Waals surface area contributed by atoms with E-state index in [0.717, 1.165) is 31.2 Å². The molecule has 0 spiro atoms. The van der Waals surface area contributed by atoms with Crippen molar-refractivity contribution in [2.24, 2.45) is 5.92 Å². The summed E-state index contributed by atoms with van der Waals surface area (Å²) in [5.74, 6) is 0.188. The molecule has 6 heteroatoms. The van der Waals surface area contributed by atoms with Crippen molar-refractivity contribution in [2.45, 2.75) is 45.2 Å². The zero-order valence-electron chi connectivity index (χ0n) is 14.2. The molecule has 1 aliphatic carbocycles. The van der Waals surface area contributed by atoms with Crippen molar-refractivity contribution in [1.82, 2.24) is 15.1 Å². The molecule has 1 atom stereocenters. The van der Waals surface area contributed by atoms with E-state index in [1.165, 1.54) is 16.8 Å². The molecule has 1 fully saturated rings. The fourth-order valence-electron chi connectivity index (χ4n) is 2.83. The lowest BCUT2D eigenvalue weighted by Gasteiger charge is -2.19. The van der Waals surface area contributed by atoms with Crippen LogP contribution in [0.3, 0.4) is 0 Å². The van der Waals surface area contributed by atoms with E-state index >= 15 is 0 Å². The second-order valence-corrected chi connectivity index (χ2v) is 6.91. The first-order valence-corrected chi connectivity index (χ1v) is 9.10. The van der Waals surface area contributed by atoms with Crippen molar-refractivity contribution >= 4 is 17.5 Å². The largest absolute Gasteiger partial charge is 0.344 e. The summed E-state index contributed by atoms with van der Waals surface area (Å²) in [5, 5.41) is 7.97.